The molecule has 0 aliphatic rings. The lowest BCUT2D eigenvalue weighted by molar-refractivity contribution is -0.110. The average Bonchev–Trinajstić information content (AvgIpc) is 2.62. The van der Waals surface area contributed by atoms with Crippen molar-refractivity contribution in [3.05, 3.63) is 65.2 Å². The molecule has 7 heteroatoms. The van der Waals surface area contributed by atoms with Crippen LogP contribution in [0.15, 0.2) is 53.6 Å². The predicted octanol–water partition coefficient (Wildman–Crippen LogP) is 2.74. The standard InChI is InChI=1S/C19H19N5OS/c1-12-8-9-13(2)16(10-12)22-18(25)17(23-24-19(21)26)15(11-20)14-6-4-3-5-7-14/h3-10,15H,1-2H3,(H,22,25)(H3,21,24,26)/b23-17-/t15-/m0/s1. The van der Waals surface area contributed by atoms with E-state index in [9.17, 15) is 10.1 Å². The molecule has 2 rings (SSSR count). The molecule has 4 N–H and O–H groups in total. The van der Waals surface area contributed by atoms with E-state index >= 15 is 0 Å². The van der Waals surface area contributed by atoms with E-state index in [0.717, 1.165) is 11.1 Å². The molecule has 0 saturated heterocycles. The number of thiocarbonyl (C=S) groups is 1. The van der Waals surface area contributed by atoms with E-state index in [4.69, 9.17) is 18.0 Å². The summed E-state index contributed by atoms with van der Waals surface area (Å²) in [6.07, 6.45) is 0. The molecule has 0 radical (unpaired) electrons. The van der Waals surface area contributed by atoms with Gasteiger partial charge in [0, 0.05) is 5.69 Å². The van der Waals surface area contributed by atoms with Gasteiger partial charge in [-0.2, -0.15) is 10.4 Å². The lowest BCUT2D eigenvalue weighted by atomic mass is 9.95. The minimum atomic E-state index is -0.872. The first-order valence-corrected chi connectivity index (χ1v) is 8.29. The van der Waals surface area contributed by atoms with E-state index in [1.807, 2.05) is 38.1 Å². The Kier molecular flexibility index (Phi) is 6.42. The van der Waals surface area contributed by atoms with Gasteiger partial charge in [-0.25, -0.2) is 0 Å². The lowest BCUT2D eigenvalue weighted by Crippen LogP contribution is -2.33. The maximum atomic E-state index is 12.8. The Morgan fingerprint density at radius 2 is 1.92 bits per heavy atom. The number of rotatable bonds is 5. The summed E-state index contributed by atoms with van der Waals surface area (Å²) in [6.45, 7) is 3.82. The number of benzene rings is 2. The largest absolute Gasteiger partial charge is 0.375 e. The van der Waals surface area contributed by atoms with Gasteiger partial charge in [0.2, 0.25) is 0 Å². The Morgan fingerprint density at radius 1 is 1.23 bits per heavy atom. The van der Waals surface area contributed by atoms with Gasteiger partial charge in [0.05, 0.1) is 6.07 Å². The molecule has 0 aromatic heterocycles. The molecule has 0 aliphatic heterocycles. The van der Waals surface area contributed by atoms with Gasteiger partial charge in [-0.1, -0.05) is 42.5 Å². The van der Waals surface area contributed by atoms with Crippen LogP contribution in [0.5, 0.6) is 0 Å². The fourth-order valence-electron chi connectivity index (χ4n) is 2.36. The first kappa shape index (κ1) is 19.1. The molecule has 0 spiro atoms. The summed E-state index contributed by atoms with van der Waals surface area (Å²) in [4.78, 5) is 12.8. The van der Waals surface area contributed by atoms with Crippen molar-refractivity contribution in [3.63, 3.8) is 0 Å². The molecule has 1 amide bonds. The number of carbonyl (C=O) groups excluding carboxylic acids is 1. The number of nitriles is 1. The van der Waals surface area contributed by atoms with E-state index in [-0.39, 0.29) is 10.8 Å². The van der Waals surface area contributed by atoms with Crippen LogP contribution in [-0.2, 0) is 4.79 Å². The van der Waals surface area contributed by atoms with Crippen LogP contribution in [0, 0.1) is 25.2 Å². The third kappa shape index (κ3) is 4.88. The summed E-state index contributed by atoms with van der Waals surface area (Å²) in [5.74, 6) is -1.37. The van der Waals surface area contributed by atoms with Crippen LogP contribution in [0.2, 0.25) is 0 Å². The number of hydrogen-bond donors (Lipinski definition) is 3. The molecule has 6 nitrogen and oxygen atoms in total. The van der Waals surface area contributed by atoms with Crippen LogP contribution in [-0.4, -0.2) is 16.7 Å². The summed E-state index contributed by atoms with van der Waals surface area (Å²) in [5.41, 5.74) is 11.0. The predicted molar refractivity (Wildman–Crippen MR) is 107 cm³/mol. The highest BCUT2D eigenvalue weighted by Gasteiger charge is 2.25. The number of carbonyl (C=O) groups is 1. The molecule has 0 fully saturated rings. The second kappa shape index (κ2) is 8.74. The monoisotopic (exact) mass is 365 g/mol. The van der Waals surface area contributed by atoms with Crippen LogP contribution in [0.4, 0.5) is 5.69 Å². The summed E-state index contributed by atoms with van der Waals surface area (Å²) in [6, 6.07) is 16.8. The summed E-state index contributed by atoms with van der Waals surface area (Å²) < 4.78 is 0. The lowest BCUT2D eigenvalue weighted by Gasteiger charge is -2.15. The van der Waals surface area contributed by atoms with Gasteiger partial charge < -0.3 is 11.1 Å². The molecular weight excluding hydrogens is 346 g/mol. The van der Waals surface area contributed by atoms with E-state index in [1.165, 1.54) is 0 Å². The van der Waals surface area contributed by atoms with Crippen LogP contribution in [0.1, 0.15) is 22.6 Å². The molecule has 2 aromatic rings. The molecule has 0 saturated carbocycles. The van der Waals surface area contributed by atoms with Crippen molar-refractivity contribution in [3.8, 4) is 6.07 Å². The highest BCUT2D eigenvalue weighted by molar-refractivity contribution is 7.80. The van der Waals surface area contributed by atoms with Crippen molar-refractivity contribution in [2.24, 2.45) is 10.8 Å². The first-order valence-electron chi connectivity index (χ1n) is 7.88. The molecule has 0 heterocycles. The quantitative estimate of drug-likeness (QED) is 0.429. The molecule has 0 bridgehead atoms. The van der Waals surface area contributed by atoms with Crippen LogP contribution >= 0.6 is 12.2 Å². The topological polar surface area (TPSA) is 103 Å². The van der Waals surface area contributed by atoms with Crippen LogP contribution < -0.4 is 16.5 Å². The maximum Gasteiger partial charge on any atom is 0.273 e. The zero-order valence-corrected chi connectivity index (χ0v) is 15.3. The van der Waals surface area contributed by atoms with Crippen LogP contribution in [0.3, 0.4) is 0 Å². The fraction of sp³-hybridized carbons (Fsp3) is 0.158. The Hall–Kier alpha value is -3.24. The van der Waals surface area contributed by atoms with E-state index in [0.29, 0.717) is 11.3 Å². The Labute approximate surface area is 157 Å². The van der Waals surface area contributed by atoms with Crippen LogP contribution in [0.25, 0.3) is 0 Å². The Bertz CT molecular complexity index is 887. The number of nitrogens with one attached hydrogen (secondary N) is 2. The van der Waals surface area contributed by atoms with E-state index < -0.39 is 11.8 Å². The second-order valence-electron chi connectivity index (χ2n) is 5.72. The number of hydrogen-bond acceptors (Lipinski definition) is 4. The third-order valence-electron chi connectivity index (χ3n) is 3.70. The molecular formula is C19H19N5OS. The van der Waals surface area contributed by atoms with Gasteiger partial charge in [0.1, 0.15) is 11.6 Å². The normalized spacial score (nSPS) is 12.0. The number of nitrogens with two attached hydrogens (primary N) is 1. The Morgan fingerprint density at radius 3 is 2.54 bits per heavy atom. The molecule has 0 unspecified atom stereocenters. The Balaban J connectivity index is 2.39. The van der Waals surface area contributed by atoms with Crippen molar-refractivity contribution >= 4 is 34.6 Å². The zero-order valence-electron chi connectivity index (χ0n) is 14.5. The minimum Gasteiger partial charge on any atom is -0.375 e. The first-order chi connectivity index (χ1) is 12.4. The van der Waals surface area contributed by atoms with Gasteiger partial charge in [0.25, 0.3) is 5.91 Å². The average molecular weight is 365 g/mol. The van der Waals surface area contributed by atoms with Gasteiger partial charge in [-0.15, -0.1) is 0 Å². The van der Waals surface area contributed by atoms with Crippen molar-refractivity contribution in [1.29, 1.82) is 5.26 Å². The molecule has 1 atom stereocenters. The van der Waals surface area contributed by atoms with Gasteiger partial charge in [-0.05, 0) is 48.8 Å². The highest BCUT2D eigenvalue weighted by atomic mass is 32.1. The smallest absolute Gasteiger partial charge is 0.273 e. The molecule has 0 aliphatic carbocycles. The van der Waals surface area contributed by atoms with E-state index in [1.54, 1.807) is 24.3 Å². The molecule has 132 valence electrons. The van der Waals surface area contributed by atoms with Crippen molar-refractivity contribution in [1.82, 2.24) is 5.43 Å². The van der Waals surface area contributed by atoms with Gasteiger partial charge in [0.15, 0.2) is 5.11 Å². The fourth-order valence-corrected chi connectivity index (χ4v) is 2.40. The second-order valence-corrected chi connectivity index (χ2v) is 6.16. The maximum absolute atomic E-state index is 12.8. The number of amides is 1. The minimum absolute atomic E-state index is 0.0209. The number of anilines is 1. The van der Waals surface area contributed by atoms with Crippen molar-refractivity contribution in [2.45, 2.75) is 19.8 Å². The SMILES string of the molecule is Cc1ccc(C)c(NC(=O)/C(=N\NC(N)=S)[C@@H](C#N)c2ccccc2)c1. The molecule has 26 heavy (non-hydrogen) atoms. The zero-order chi connectivity index (χ0) is 19.1. The summed E-state index contributed by atoms with van der Waals surface area (Å²) >= 11 is 4.75. The number of hydrazone groups is 1. The number of nitrogens with zero attached hydrogens (tertiary/aromatic N) is 2. The third-order valence-corrected chi connectivity index (χ3v) is 3.79. The van der Waals surface area contributed by atoms with Crippen molar-refractivity contribution < 1.29 is 4.79 Å². The summed E-state index contributed by atoms with van der Waals surface area (Å²) in [5, 5.41) is 16.3. The van der Waals surface area contributed by atoms with Gasteiger partial charge in [-0.3, -0.25) is 10.2 Å². The van der Waals surface area contributed by atoms with Crippen molar-refractivity contribution in [2.75, 3.05) is 5.32 Å². The molecule has 2 aromatic carbocycles. The van der Waals surface area contributed by atoms with E-state index in [2.05, 4.69) is 21.9 Å². The van der Waals surface area contributed by atoms with Gasteiger partial charge >= 0.3 is 0 Å². The summed E-state index contributed by atoms with van der Waals surface area (Å²) in [7, 11) is 0. The highest BCUT2D eigenvalue weighted by Crippen LogP contribution is 2.20. The number of aryl methyl sites for hydroxylation is 2.